The predicted molar refractivity (Wildman–Crippen MR) is 96.3 cm³/mol. The molecule has 0 spiro atoms. The molecule has 8 heteroatoms. The first kappa shape index (κ1) is 21.0. The number of hydrogen-bond acceptors (Lipinski definition) is 5. The van der Waals surface area contributed by atoms with Crippen LogP contribution < -0.4 is 15.4 Å². The van der Waals surface area contributed by atoms with E-state index in [4.69, 9.17) is 9.47 Å². The van der Waals surface area contributed by atoms with E-state index in [0.717, 1.165) is 4.47 Å². The van der Waals surface area contributed by atoms with Gasteiger partial charge in [0.2, 0.25) is 0 Å². The Morgan fingerprint density at radius 1 is 1.12 bits per heavy atom. The molecule has 0 aliphatic heterocycles. The fourth-order valence-corrected chi connectivity index (χ4v) is 1.95. The van der Waals surface area contributed by atoms with Gasteiger partial charge in [-0.3, -0.25) is 14.9 Å². The van der Waals surface area contributed by atoms with Crippen molar-refractivity contribution in [1.82, 2.24) is 10.6 Å². The molecule has 0 saturated carbocycles. The van der Waals surface area contributed by atoms with E-state index in [-0.39, 0.29) is 6.42 Å². The van der Waals surface area contributed by atoms with Gasteiger partial charge in [-0.25, -0.2) is 4.79 Å². The molecule has 0 atom stereocenters. The van der Waals surface area contributed by atoms with E-state index >= 15 is 0 Å². The normalized spacial score (nSPS) is 10.7. The van der Waals surface area contributed by atoms with Crippen molar-refractivity contribution in [3.05, 3.63) is 28.7 Å². The molecule has 1 aromatic carbocycles. The standard InChI is InChI=1S/C17H23BrN2O5/c1-17(2,3)20-16(23)19-14(21)11-25-15(22)5-4-10-24-13-8-6-12(18)7-9-13/h6-9H,4-5,10-11H2,1-3H3,(H2,19,20,21,23). The average Bonchev–Trinajstić information content (AvgIpc) is 2.49. The van der Waals surface area contributed by atoms with Gasteiger partial charge in [0.15, 0.2) is 6.61 Å². The zero-order valence-corrected chi connectivity index (χ0v) is 16.1. The van der Waals surface area contributed by atoms with Crippen molar-refractivity contribution >= 4 is 33.8 Å². The first-order valence-electron chi connectivity index (χ1n) is 7.82. The molecular formula is C17H23BrN2O5. The number of rotatable bonds is 7. The van der Waals surface area contributed by atoms with Gasteiger partial charge in [-0.1, -0.05) is 15.9 Å². The molecule has 0 heterocycles. The number of urea groups is 1. The lowest BCUT2D eigenvalue weighted by atomic mass is 10.1. The molecule has 0 radical (unpaired) electrons. The molecule has 0 saturated heterocycles. The Morgan fingerprint density at radius 2 is 1.76 bits per heavy atom. The number of halogens is 1. The van der Waals surface area contributed by atoms with E-state index in [1.807, 2.05) is 24.3 Å². The SMILES string of the molecule is CC(C)(C)NC(=O)NC(=O)COC(=O)CCCOc1ccc(Br)cc1. The van der Waals surface area contributed by atoms with Gasteiger partial charge in [-0.2, -0.15) is 0 Å². The highest BCUT2D eigenvalue weighted by Gasteiger charge is 2.16. The summed E-state index contributed by atoms with van der Waals surface area (Å²) in [4.78, 5) is 34.5. The summed E-state index contributed by atoms with van der Waals surface area (Å²) < 4.78 is 11.2. The van der Waals surface area contributed by atoms with Crippen LogP contribution in [0, 0.1) is 0 Å². The summed E-state index contributed by atoms with van der Waals surface area (Å²) in [7, 11) is 0. The lowest BCUT2D eigenvalue weighted by Gasteiger charge is -2.20. The monoisotopic (exact) mass is 414 g/mol. The van der Waals surface area contributed by atoms with Crippen LogP contribution in [0.4, 0.5) is 4.79 Å². The molecule has 2 N–H and O–H groups in total. The second-order valence-electron chi connectivity index (χ2n) is 6.32. The molecule has 0 unspecified atom stereocenters. The zero-order chi connectivity index (χ0) is 18.9. The third-order valence-corrected chi connectivity index (χ3v) is 3.24. The Hall–Kier alpha value is -2.09. The van der Waals surface area contributed by atoms with Crippen LogP contribution >= 0.6 is 15.9 Å². The summed E-state index contributed by atoms with van der Waals surface area (Å²) in [6.07, 6.45) is 0.582. The van der Waals surface area contributed by atoms with Crippen LogP contribution in [0.2, 0.25) is 0 Å². The molecule has 138 valence electrons. The van der Waals surface area contributed by atoms with Crippen LogP contribution in [-0.2, 0) is 14.3 Å². The molecule has 25 heavy (non-hydrogen) atoms. The van der Waals surface area contributed by atoms with E-state index in [2.05, 4.69) is 26.6 Å². The summed E-state index contributed by atoms with van der Waals surface area (Å²) in [5.41, 5.74) is -0.462. The number of amides is 3. The van der Waals surface area contributed by atoms with Crippen molar-refractivity contribution in [3.63, 3.8) is 0 Å². The first-order chi connectivity index (χ1) is 11.7. The second-order valence-corrected chi connectivity index (χ2v) is 7.23. The smallest absolute Gasteiger partial charge is 0.321 e. The molecule has 1 aromatic rings. The molecular weight excluding hydrogens is 392 g/mol. The summed E-state index contributed by atoms with van der Waals surface area (Å²) >= 11 is 3.33. The molecule has 7 nitrogen and oxygen atoms in total. The Bertz CT molecular complexity index is 596. The van der Waals surface area contributed by atoms with E-state index < -0.39 is 30.1 Å². The maximum atomic E-state index is 11.6. The van der Waals surface area contributed by atoms with Gasteiger partial charge in [0.1, 0.15) is 5.75 Å². The Balaban J connectivity index is 2.14. The quantitative estimate of drug-likeness (QED) is 0.528. The van der Waals surface area contributed by atoms with E-state index in [9.17, 15) is 14.4 Å². The van der Waals surface area contributed by atoms with Crippen LogP contribution in [0.15, 0.2) is 28.7 Å². The van der Waals surface area contributed by atoms with Gasteiger partial charge >= 0.3 is 12.0 Å². The minimum Gasteiger partial charge on any atom is -0.494 e. The van der Waals surface area contributed by atoms with Crippen molar-refractivity contribution < 1.29 is 23.9 Å². The number of carbonyl (C=O) groups excluding carboxylic acids is 3. The van der Waals surface area contributed by atoms with Crippen molar-refractivity contribution in [2.75, 3.05) is 13.2 Å². The number of imide groups is 1. The molecule has 0 bridgehead atoms. The number of carbonyl (C=O) groups is 3. The number of esters is 1. The van der Waals surface area contributed by atoms with Crippen LogP contribution in [-0.4, -0.2) is 36.7 Å². The van der Waals surface area contributed by atoms with E-state index in [1.54, 1.807) is 20.8 Å². The van der Waals surface area contributed by atoms with Gasteiger partial charge in [-0.05, 0) is 51.5 Å². The Labute approximate surface area is 155 Å². The summed E-state index contributed by atoms with van der Waals surface area (Å²) in [5.74, 6) is -0.493. The minimum absolute atomic E-state index is 0.123. The fraction of sp³-hybridized carbons (Fsp3) is 0.471. The third-order valence-electron chi connectivity index (χ3n) is 2.71. The lowest BCUT2D eigenvalue weighted by molar-refractivity contribution is -0.148. The minimum atomic E-state index is -0.679. The molecule has 3 amide bonds. The van der Waals surface area contributed by atoms with E-state index in [1.165, 1.54) is 0 Å². The van der Waals surface area contributed by atoms with Gasteiger partial charge in [0.05, 0.1) is 6.61 Å². The van der Waals surface area contributed by atoms with Crippen LogP contribution in [0.1, 0.15) is 33.6 Å². The fourth-order valence-electron chi connectivity index (χ4n) is 1.69. The molecule has 0 aromatic heterocycles. The zero-order valence-electron chi connectivity index (χ0n) is 14.6. The molecule has 0 aliphatic rings. The van der Waals surface area contributed by atoms with Crippen molar-refractivity contribution in [2.45, 2.75) is 39.2 Å². The summed E-state index contributed by atoms with van der Waals surface area (Å²) in [6, 6.07) is 6.72. The van der Waals surface area contributed by atoms with Crippen molar-refractivity contribution in [1.29, 1.82) is 0 Å². The van der Waals surface area contributed by atoms with Gasteiger partial charge in [-0.15, -0.1) is 0 Å². The largest absolute Gasteiger partial charge is 0.494 e. The number of ether oxygens (including phenoxy) is 2. The van der Waals surface area contributed by atoms with Crippen molar-refractivity contribution in [3.8, 4) is 5.75 Å². The lowest BCUT2D eigenvalue weighted by Crippen LogP contribution is -2.49. The van der Waals surface area contributed by atoms with E-state index in [0.29, 0.717) is 18.8 Å². The highest BCUT2D eigenvalue weighted by Crippen LogP contribution is 2.16. The van der Waals surface area contributed by atoms with Gasteiger partial charge < -0.3 is 14.8 Å². The first-order valence-corrected chi connectivity index (χ1v) is 8.61. The van der Waals surface area contributed by atoms with Crippen LogP contribution in [0.25, 0.3) is 0 Å². The summed E-state index contributed by atoms with van der Waals surface area (Å²) in [6.45, 7) is 5.22. The highest BCUT2D eigenvalue weighted by atomic mass is 79.9. The number of hydrogen-bond donors (Lipinski definition) is 2. The number of nitrogens with one attached hydrogen (secondary N) is 2. The van der Waals surface area contributed by atoms with Gasteiger partial charge in [0, 0.05) is 16.4 Å². The third kappa shape index (κ3) is 10.4. The maximum absolute atomic E-state index is 11.6. The second kappa shape index (κ2) is 10.0. The number of benzene rings is 1. The maximum Gasteiger partial charge on any atom is 0.321 e. The topological polar surface area (TPSA) is 93.7 Å². The van der Waals surface area contributed by atoms with Crippen molar-refractivity contribution in [2.24, 2.45) is 0 Å². The van der Waals surface area contributed by atoms with Gasteiger partial charge in [0.25, 0.3) is 5.91 Å². The average molecular weight is 415 g/mol. The highest BCUT2D eigenvalue weighted by molar-refractivity contribution is 9.10. The molecule has 0 fully saturated rings. The molecule has 0 aliphatic carbocycles. The molecule has 1 rings (SSSR count). The Morgan fingerprint density at radius 3 is 2.36 bits per heavy atom. The summed E-state index contributed by atoms with van der Waals surface area (Å²) in [5, 5.41) is 4.66. The van der Waals surface area contributed by atoms with Crippen LogP contribution in [0.3, 0.4) is 0 Å². The predicted octanol–water partition coefficient (Wildman–Crippen LogP) is 2.78. The van der Waals surface area contributed by atoms with Crippen LogP contribution in [0.5, 0.6) is 5.75 Å². The Kier molecular flexibility index (Phi) is 8.40.